The molecule has 5 nitrogen and oxygen atoms in total. The number of hydrogen-bond acceptors (Lipinski definition) is 3. The van der Waals surface area contributed by atoms with Gasteiger partial charge in [-0.1, -0.05) is 26.0 Å². The van der Waals surface area contributed by atoms with Crippen LogP contribution in [0.1, 0.15) is 25.5 Å². The van der Waals surface area contributed by atoms with E-state index in [-0.39, 0.29) is 11.5 Å². The Morgan fingerprint density at radius 3 is 2.67 bits per heavy atom. The van der Waals surface area contributed by atoms with E-state index in [9.17, 15) is 4.79 Å². The summed E-state index contributed by atoms with van der Waals surface area (Å²) in [6.45, 7) is 4.24. The summed E-state index contributed by atoms with van der Waals surface area (Å²) in [4.78, 5) is 19.9. The molecule has 1 aromatic carbocycles. The summed E-state index contributed by atoms with van der Waals surface area (Å²) < 4.78 is 1.77. The van der Waals surface area contributed by atoms with Crippen LogP contribution in [0.5, 0.6) is 0 Å². The molecule has 0 unspecified atom stereocenters. The van der Waals surface area contributed by atoms with Crippen LogP contribution in [0.25, 0.3) is 32.8 Å². The second-order valence-electron chi connectivity index (χ2n) is 6.38. The van der Waals surface area contributed by atoms with E-state index in [0.717, 1.165) is 33.1 Å². The Hall–Kier alpha value is -2.95. The number of aryl methyl sites for hydroxylation is 1. The van der Waals surface area contributed by atoms with Gasteiger partial charge in [0.2, 0.25) is 0 Å². The Bertz CT molecular complexity index is 1120. The van der Waals surface area contributed by atoms with Gasteiger partial charge in [0.05, 0.1) is 22.8 Å². The van der Waals surface area contributed by atoms with Crippen molar-refractivity contribution in [2.45, 2.75) is 19.8 Å². The minimum absolute atomic E-state index is 0.108. The van der Waals surface area contributed by atoms with Crippen molar-refractivity contribution in [3.63, 3.8) is 0 Å². The highest BCUT2D eigenvalue weighted by Crippen LogP contribution is 2.31. The molecule has 3 heterocycles. The predicted molar refractivity (Wildman–Crippen MR) is 96.2 cm³/mol. The van der Waals surface area contributed by atoms with E-state index in [2.05, 4.69) is 42.1 Å². The van der Waals surface area contributed by atoms with Crippen molar-refractivity contribution in [1.29, 1.82) is 0 Å². The monoisotopic (exact) mass is 318 g/mol. The molecule has 0 atom stereocenters. The molecule has 0 radical (unpaired) electrons. The number of aromatic nitrogens is 4. The summed E-state index contributed by atoms with van der Waals surface area (Å²) in [5.41, 5.74) is 3.71. The first-order chi connectivity index (χ1) is 11.5. The predicted octanol–water partition coefficient (Wildman–Crippen LogP) is 3.60. The summed E-state index contributed by atoms with van der Waals surface area (Å²) in [6.07, 6.45) is 5.45. The molecule has 120 valence electrons. The van der Waals surface area contributed by atoms with Gasteiger partial charge in [0.15, 0.2) is 0 Å². The van der Waals surface area contributed by atoms with E-state index in [1.807, 2.05) is 25.5 Å². The van der Waals surface area contributed by atoms with Crippen LogP contribution in [0.4, 0.5) is 0 Å². The first-order valence-corrected chi connectivity index (χ1v) is 7.98. The molecule has 1 N–H and O–H groups in total. The SMILES string of the molecule is CC(C)c1nc2cc[nH]c(=O)c2c2cc(-c3cnn(C)c3)ccc12. The van der Waals surface area contributed by atoms with Crippen molar-refractivity contribution >= 4 is 21.7 Å². The fraction of sp³-hybridized carbons (Fsp3) is 0.211. The van der Waals surface area contributed by atoms with Crippen LogP contribution < -0.4 is 5.56 Å². The molecule has 0 saturated carbocycles. The summed E-state index contributed by atoms with van der Waals surface area (Å²) in [7, 11) is 1.89. The highest BCUT2D eigenvalue weighted by molar-refractivity contribution is 6.07. The lowest BCUT2D eigenvalue weighted by Gasteiger charge is -2.12. The highest BCUT2D eigenvalue weighted by Gasteiger charge is 2.14. The van der Waals surface area contributed by atoms with Gasteiger partial charge < -0.3 is 4.98 Å². The maximum Gasteiger partial charge on any atom is 0.258 e. The Labute approximate surface area is 139 Å². The minimum Gasteiger partial charge on any atom is -0.328 e. The number of fused-ring (bicyclic) bond motifs is 3. The number of rotatable bonds is 2. The van der Waals surface area contributed by atoms with Crippen molar-refractivity contribution in [2.24, 2.45) is 7.05 Å². The molecule has 3 aromatic heterocycles. The third-order valence-corrected chi connectivity index (χ3v) is 4.33. The quantitative estimate of drug-likeness (QED) is 0.574. The van der Waals surface area contributed by atoms with E-state index in [1.54, 1.807) is 10.9 Å². The number of nitrogens with one attached hydrogen (secondary N) is 1. The van der Waals surface area contributed by atoms with Crippen LogP contribution in [0.2, 0.25) is 0 Å². The van der Waals surface area contributed by atoms with E-state index < -0.39 is 0 Å². The van der Waals surface area contributed by atoms with Crippen LogP contribution in [0.3, 0.4) is 0 Å². The lowest BCUT2D eigenvalue weighted by molar-refractivity contribution is 0.768. The summed E-state index contributed by atoms with van der Waals surface area (Å²) in [5.74, 6) is 0.278. The van der Waals surface area contributed by atoms with E-state index in [0.29, 0.717) is 5.39 Å². The number of benzene rings is 1. The molecular formula is C19H18N4O. The first-order valence-electron chi connectivity index (χ1n) is 7.98. The van der Waals surface area contributed by atoms with E-state index in [4.69, 9.17) is 4.98 Å². The van der Waals surface area contributed by atoms with Crippen LogP contribution >= 0.6 is 0 Å². The second kappa shape index (κ2) is 5.30. The fourth-order valence-corrected chi connectivity index (χ4v) is 3.18. The van der Waals surface area contributed by atoms with Gasteiger partial charge in [-0.05, 0) is 29.0 Å². The molecule has 0 aliphatic rings. The molecule has 0 fully saturated rings. The molecule has 0 bridgehead atoms. The van der Waals surface area contributed by atoms with Crippen LogP contribution in [0, 0.1) is 0 Å². The van der Waals surface area contributed by atoms with Gasteiger partial charge in [-0.3, -0.25) is 14.5 Å². The van der Waals surface area contributed by atoms with E-state index >= 15 is 0 Å². The topological polar surface area (TPSA) is 63.6 Å². The number of pyridine rings is 2. The number of H-pyrrole nitrogens is 1. The van der Waals surface area contributed by atoms with Gasteiger partial charge in [-0.25, -0.2) is 0 Å². The van der Waals surface area contributed by atoms with Gasteiger partial charge in [-0.2, -0.15) is 5.10 Å². The highest BCUT2D eigenvalue weighted by atomic mass is 16.1. The maximum atomic E-state index is 12.4. The Morgan fingerprint density at radius 2 is 1.96 bits per heavy atom. The van der Waals surface area contributed by atoms with Gasteiger partial charge in [0, 0.05) is 30.4 Å². The number of nitrogens with zero attached hydrogens (tertiary/aromatic N) is 3. The zero-order valence-electron chi connectivity index (χ0n) is 13.9. The van der Waals surface area contributed by atoms with Gasteiger partial charge in [0.1, 0.15) is 0 Å². The molecule has 24 heavy (non-hydrogen) atoms. The largest absolute Gasteiger partial charge is 0.328 e. The van der Waals surface area contributed by atoms with Crippen LogP contribution in [-0.2, 0) is 7.05 Å². The molecule has 4 aromatic rings. The van der Waals surface area contributed by atoms with E-state index in [1.165, 1.54) is 0 Å². The first kappa shape index (κ1) is 14.6. The average Bonchev–Trinajstić information content (AvgIpc) is 3.00. The summed E-state index contributed by atoms with van der Waals surface area (Å²) in [6, 6.07) is 8.05. The molecule has 4 rings (SSSR count). The number of aromatic amines is 1. The second-order valence-corrected chi connectivity index (χ2v) is 6.38. The maximum absolute atomic E-state index is 12.4. The Kier molecular flexibility index (Phi) is 3.23. The Balaban J connectivity index is 2.14. The zero-order chi connectivity index (χ0) is 16.8. The standard InChI is InChI=1S/C19H18N4O/c1-11(2)18-14-5-4-12(13-9-21-23(3)10-13)8-15(14)17-16(22-18)6-7-20-19(17)24/h4-11H,1-3H3,(H,20,24). The van der Waals surface area contributed by atoms with Crippen LogP contribution in [0.15, 0.2) is 47.7 Å². The molecule has 0 saturated heterocycles. The van der Waals surface area contributed by atoms with Crippen molar-refractivity contribution in [1.82, 2.24) is 19.7 Å². The summed E-state index contributed by atoms with van der Waals surface area (Å²) in [5, 5.41) is 6.84. The fourth-order valence-electron chi connectivity index (χ4n) is 3.18. The van der Waals surface area contributed by atoms with Crippen LogP contribution in [-0.4, -0.2) is 19.7 Å². The van der Waals surface area contributed by atoms with Crippen molar-refractivity contribution in [3.8, 4) is 11.1 Å². The van der Waals surface area contributed by atoms with Gasteiger partial charge in [-0.15, -0.1) is 0 Å². The van der Waals surface area contributed by atoms with Gasteiger partial charge in [0.25, 0.3) is 5.56 Å². The normalized spacial score (nSPS) is 11.7. The third kappa shape index (κ3) is 2.21. The number of hydrogen-bond donors (Lipinski definition) is 1. The lowest BCUT2D eigenvalue weighted by atomic mass is 9.96. The smallest absolute Gasteiger partial charge is 0.258 e. The molecular weight excluding hydrogens is 300 g/mol. The molecule has 0 aliphatic heterocycles. The van der Waals surface area contributed by atoms with Crippen molar-refractivity contribution in [2.75, 3.05) is 0 Å². The summed E-state index contributed by atoms with van der Waals surface area (Å²) >= 11 is 0. The molecule has 0 aliphatic carbocycles. The van der Waals surface area contributed by atoms with Crippen molar-refractivity contribution < 1.29 is 0 Å². The Morgan fingerprint density at radius 1 is 1.12 bits per heavy atom. The molecule has 0 amide bonds. The average molecular weight is 318 g/mol. The lowest BCUT2D eigenvalue weighted by Crippen LogP contribution is -2.08. The van der Waals surface area contributed by atoms with Crippen molar-refractivity contribution in [3.05, 3.63) is 58.9 Å². The molecule has 0 spiro atoms. The third-order valence-electron chi connectivity index (χ3n) is 4.33. The molecule has 5 heteroatoms. The van der Waals surface area contributed by atoms with Gasteiger partial charge >= 0.3 is 0 Å². The zero-order valence-corrected chi connectivity index (χ0v) is 13.9. The minimum atomic E-state index is -0.108.